The van der Waals surface area contributed by atoms with Crippen molar-refractivity contribution in [3.63, 3.8) is 0 Å². The highest BCUT2D eigenvalue weighted by Gasteiger charge is 2.18. The predicted molar refractivity (Wildman–Crippen MR) is 103 cm³/mol. The zero-order valence-corrected chi connectivity index (χ0v) is 15.7. The molecule has 4 rings (SSSR count). The van der Waals surface area contributed by atoms with Crippen LogP contribution in [0.1, 0.15) is 36.7 Å². The molecule has 0 saturated heterocycles. The van der Waals surface area contributed by atoms with Crippen LogP contribution >= 0.6 is 15.9 Å². The Bertz CT molecular complexity index is 992. The first-order chi connectivity index (χ1) is 12.7. The van der Waals surface area contributed by atoms with Crippen LogP contribution in [0.2, 0.25) is 0 Å². The number of rotatable bonds is 3. The number of fused-ring (bicyclic) bond motifs is 1. The number of benzene rings is 1. The summed E-state index contributed by atoms with van der Waals surface area (Å²) in [4.78, 5) is 0. The third-order valence-corrected chi connectivity index (χ3v) is 5.04. The molecule has 0 saturated carbocycles. The second kappa shape index (κ2) is 7.30. The van der Waals surface area contributed by atoms with Crippen molar-refractivity contribution in [1.29, 1.82) is 5.26 Å². The van der Waals surface area contributed by atoms with Gasteiger partial charge in [0.15, 0.2) is 5.82 Å². The molecule has 1 aromatic carbocycles. The Morgan fingerprint density at radius 1 is 1.12 bits per heavy atom. The molecule has 0 atom stereocenters. The molecular weight excluding hydrogens is 392 g/mol. The normalized spacial score (nSPS) is 14.5. The molecule has 0 bridgehead atoms. The number of hydrogen-bond acceptors (Lipinski definition) is 4. The van der Waals surface area contributed by atoms with Crippen LogP contribution in [0.15, 0.2) is 45.3 Å². The molecule has 130 valence electrons. The number of aromatic nitrogens is 3. The van der Waals surface area contributed by atoms with Gasteiger partial charge in [-0.25, -0.2) is 0 Å². The second-order valence-electron chi connectivity index (χ2n) is 6.28. The quantitative estimate of drug-likeness (QED) is 0.565. The van der Waals surface area contributed by atoms with Gasteiger partial charge in [0.05, 0.1) is 0 Å². The molecule has 26 heavy (non-hydrogen) atoms. The summed E-state index contributed by atoms with van der Waals surface area (Å²) < 4.78 is 9.00. The van der Waals surface area contributed by atoms with Crippen molar-refractivity contribution >= 4 is 27.6 Å². The maximum absolute atomic E-state index is 9.64. The number of nitriles is 1. The number of furan rings is 1. The number of hydrogen-bond donors (Lipinski definition) is 0. The minimum absolute atomic E-state index is 0.474. The van der Waals surface area contributed by atoms with E-state index in [-0.39, 0.29) is 0 Å². The molecular formula is C20H17BrN4O. The Hall–Kier alpha value is -2.65. The zero-order valence-electron chi connectivity index (χ0n) is 14.2. The average molecular weight is 409 g/mol. The number of allylic oxidation sites excluding steroid dienone is 1. The van der Waals surface area contributed by atoms with E-state index in [4.69, 9.17) is 4.42 Å². The third-order valence-electron chi connectivity index (χ3n) is 4.51. The summed E-state index contributed by atoms with van der Waals surface area (Å²) in [5.74, 6) is 2.99. The number of aryl methyl sites for hydroxylation is 1. The maximum Gasteiger partial charge on any atom is 0.174 e. The van der Waals surface area contributed by atoms with Gasteiger partial charge in [-0.2, -0.15) is 5.26 Å². The molecule has 3 aromatic rings. The SMILES string of the molecule is N#CC(=Cc1ccc(-c2ccc(Br)cc2)o1)c1nnc2n1CCCCC2. The summed E-state index contributed by atoms with van der Waals surface area (Å²) in [7, 11) is 0. The van der Waals surface area contributed by atoms with E-state index in [1.54, 1.807) is 6.08 Å². The minimum Gasteiger partial charge on any atom is -0.457 e. The van der Waals surface area contributed by atoms with Gasteiger partial charge in [-0.3, -0.25) is 0 Å². The largest absolute Gasteiger partial charge is 0.457 e. The van der Waals surface area contributed by atoms with Crippen LogP contribution in [0.4, 0.5) is 0 Å². The van der Waals surface area contributed by atoms with Crippen molar-refractivity contribution in [2.45, 2.75) is 32.2 Å². The molecule has 0 amide bonds. The second-order valence-corrected chi connectivity index (χ2v) is 7.20. The summed E-state index contributed by atoms with van der Waals surface area (Å²) in [6.07, 6.45) is 6.05. The van der Waals surface area contributed by atoms with E-state index in [2.05, 4.69) is 36.8 Å². The molecule has 1 aliphatic rings. The van der Waals surface area contributed by atoms with Crippen molar-refractivity contribution < 1.29 is 4.42 Å². The number of nitrogens with zero attached hydrogens (tertiary/aromatic N) is 4. The van der Waals surface area contributed by atoms with E-state index in [0.29, 0.717) is 17.2 Å². The van der Waals surface area contributed by atoms with E-state index >= 15 is 0 Å². The molecule has 0 radical (unpaired) electrons. The summed E-state index contributed by atoms with van der Waals surface area (Å²) in [6.45, 7) is 0.860. The Kier molecular flexibility index (Phi) is 4.72. The van der Waals surface area contributed by atoms with E-state index in [0.717, 1.165) is 47.4 Å². The lowest BCUT2D eigenvalue weighted by molar-refractivity contribution is 0.572. The Morgan fingerprint density at radius 3 is 2.77 bits per heavy atom. The molecule has 6 heteroatoms. The highest BCUT2D eigenvalue weighted by Crippen LogP contribution is 2.27. The summed E-state index contributed by atoms with van der Waals surface area (Å²) in [5.41, 5.74) is 1.46. The van der Waals surface area contributed by atoms with E-state index in [1.807, 2.05) is 36.4 Å². The van der Waals surface area contributed by atoms with Gasteiger partial charge >= 0.3 is 0 Å². The van der Waals surface area contributed by atoms with Gasteiger partial charge in [-0.1, -0.05) is 34.5 Å². The topological polar surface area (TPSA) is 67.6 Å². The Balaban J connectivity index is 1.66. The zero-order chi connectivity index (χ0) is 17.9. The lowest BCUT2D eigenvalue weighted by Crippen LogP contribution is -2.05. The molecule has 1 aliphatic heterocycles. The van der Waals surface area contributed by atoms with Crippen molar-refractivity contribution in [3.05, 3.63) is 58.3 Å². The van der Waals surface area contributed by atoms with Crippen LogP contribution in [0.25, 0.3) is 23.0 Å². The van der Waals surface area contributed by atoms with Gasteiger partial charge < -0.3 is 8.98 Å². The predicted octanol–water partition coefficient (Wildman–Crippen LogP) is 5.09. The fraction of sp³-hybridized carbons (Fsp3) is 0.250. The molecule has 2 aromatic heterocycles. The van der Waals surface area contributed by atoms with E-state index < -0.39 is 0 Å². The molecule has 0 unspecified atom stereocenters. The molecule has 0 N–H and O–H groups in total. The average Bonchev–Trinajstić information content (AvgIpc) is 3.21. The lowest BCUT2D eigenvalue weighted by atomic mass is 10.2. The van der Waals surface area contributed by atoms with Crippen LogP contribution in [-0.4, -0.2) is 14.8 Å². The van der Waals surface area contributed by atoms with E-state index in [1.165, 1.54) is 6.42 Å². The van der Waals surface area contributed by atoms with Crippen molar-refractivity contribution in [2.75, 3.05) is 0 Å². The molecule has 3 heterocycles. The van der Waals surface area contributed by atoms with Crippen LogP contribution in [0.3, 0.4) is 0 Å². The fourth-order valence-corrected chi connectivity index (χ4v) is 3.44. The highest BCUT2D eigenvalue weighted by molar-refractivity contribution is 9.10. The van der Waals surface area contributed by atoms with Crippen LogP contribution in [-0.2, 0) is 13.0 Å². The van der Waals surface area contributed by atoms with Crippen molar-refractivity contribution in [1.82, 2.24) is 14.8 Å². The van der Waals surface area contributed by atoms with E-state index in [9.17, 15) is 5.26 Å². The Labute approximate surface area is 160 Å². The van der Waals surface area contributed by atoms with Crippen molar-refractivity contribution in [3.8, 4) is 17.4 Å². The van der Waals surface area contributed by atoms with Gasteiger partial charge in [0.2, 0.25) is 0 Å². The minimum atomic E-state index is 0.474. The number of halogens is 1. The fourth-order valence-electron chi connectivity index (χ4n) is 3.17. The van der Waals surface area contributed by atoms with Crippen LogP contribution < -0.4 is 0 Å². The van der Waals surface area contributed by atoms with Gasteiger partial charge in [0.25, 0.3) is 0 Å². The smallest absolute Gasteiger partial charge is 0.174 e. The summed E-state index contributed by atoms with van der Waals surface area (Å²) in [5, 5.41) is 18.2. The monoisotopic (exact) mass is 408 g/mol. The van der Waals surface area contributed by atoms with Crippen LogP contribution in [0.5, 0.6) is 0 Å². The standard InChI is InChI=1S/C20H17BrN4O/c21-16-7-5-14(6-8-16)18-10-9-17(26-18)12-15(13-22)20-24-23-19-4-2-1-3-11-25(19)20/h5-10,12H,1-4,11H2. The highest BCUT2D eigenvalue weighted by atomic mass is 79.9. The Morgan fingerprint density at radius 2 is 1.96 bits per heavy atom. The van der Waals surface area contributed by atoms with Gasteiger partial charge in [0.1, 0.15) is 29.0 Å². The summed E-state index contributed by atoms with van der Waals surface area (Å²) >= 11 is 3.43. The summed E-state index contributed by atoms with van der Waals surface area (Å²) in [6, 6.07) is 13.9. The third kappa shape index (κ3) is 3.35. The molecule has 0 aliphatic carbocycles. The first-order valence-corrected chi connectivity index (χ1v) is 9.44. The molecule has 0 spiro atoms. The lowest BCUT2D eigenvalue weighted by Gasteiger charge is -2.05. The maximum atomic E-state index is 9.64. The molecule has 0 fully saturated rings. The van der Waals surface area contributed by atoms with Gasteiger partial charge in [-0.05, 0) is 37.1 Å². The van der Waals surface area contributed by atoms with Gasteiger partial charge in [-0.15, -0.1) is 10.2 Å². The van der Waals surface area contributed by atoms with Gasteiger partial charge in [0, 0.05) is 29.1 Å². The van der Waals surface area contributed by atoms with Crippen LogP contribution in [0, 0.1) is 11.3 Å². The van der Waals surface area contributed by atoms with Crippen molar-refractivity contribution in [2.24, 2.45) is 0 Å². The molecule has 5 nitrogen and oxygen atoms in total. The first-order valence-electron chi connectivity index (χ1n) is 8.64. The first kappa shape index (κ1) is 16.8.